The van der Waals surface area contributed by atoms with E-state index in [9.17, 15) is 0 Å². The molecule has 4 nitrogen and oxygen atoms in total. The van der Waals surface area contributed by atoms with E-state index in [1.54, 1.807) is 11.3 Å². The molecule has 0 aromatic carbocycles. The van der Waals surface area contributed by atoms with Crippen LogP contribution in [0.4, 0.5) is 5.13 Å². The van der Waals surface area contributed by atoms with Gasteiger partial charge in [0.2, 0.25) is 5.13 Å². The molecule has 0 bridgehead atoms. The molecule has 0 aliphatic carbocycles. The van der Waals surface area contributed by atoms with Gasteiger partial charge in [-0.3, -0.25) is 0 Å². The van der Waals surface area contributed by atoms with Crippen molar-refractivity contribution in [1.82, 2.24) is 14.3 Å². The molecule has 0 spiro atoms. The summed E-state index contributed by atoms with van der Waals surface area (Å²) >= 11 is 3.12. The van der Waals surface area contributed by atoms with Crippen molar-refractivity contribution in [3.05, 3.63) is 21.9 Å². The summed E-state index contributed by atoms with van der Waals surface area (Å²) in [7, 11) is 0. The van der Waals surface area contributed by atoms with E-state index >= 15 is 0 Å². The quantitative estimate of drug-likeness (QED) is 0.890. The van der Waals surface area contributed by atoms with Crippen molar-refractivity contribution in [2.24, 2.45) is 0 Å². The minimum absolute atomic E-state index is 0.863. The number of nitrogens with one attached hydrogen (secondary N) is 1. The van der Waals surface area contributed by atoms with Gasteiger partial charge in [0.1, 0.15) is 5.82 Å². The van der Waals surface area contributed by atoms with Crippen molar-refractivity contribution >= 4 is 28.0 Å². The maximum atomic E-state index is 4.41. The van der Waals surface area contributed by atoms with Crippen LogP contribution in [0.3, 0.4) is 0 Å². The number of hydrogen-bond donors (Lipinski definition) is 1. The van der Waals surface area contributed by atoms with E-state index in [0.717, 1.165) is 41.0 Å². The van der Waals surface area contributed by atoms with Gasteiger partial charge in [-0.15, -0.1) is 11.3 Å². The zero-order valence-corrected chi connectivity index (χ0v) is 11.0. The Labute approximate surface area is 103 Å². The number of aromatic nitrogens is 3. The van der Waals surface area contributed by atoms with Crippen molar-refractivity contribution in [1.29, 1.82) is 0 Å². The monoisotopic (exact) mass is 254 g/mol. The zero-order valence-electron chi connectivity index (χ0n) is 9.36. The fraction of sp³-hybridized carbons (Fsp3) is 0.500. The summed E-state index contributed by atoms with van der Waals surface area (Å²) in [5.41, 5.74) is 1.15. The lowest BCUT2D eigenvalue weighted by atomic mass is 10.3. The molecule has 0 radical (unpaired) electrons. The third-order valence-electron chi connectivity index (χ3n) is 2.11. The molecule has 0 saturated heterocycles. The fourth-order valence-corrected chi connectivity index (χ4v) is 2.61. The van der Waals surface area contributed by atoms with Crippen LogP contribution in [-0.4, -0.2) is 20.9 Å². The van der Waals surface area contributed by atoms with E-state index in [1.165, 1.54) is 11.5 Å². The highest BCUT2D eigenvalue weighted by atomic mass is 32.1. The van der Waals surface area contributed by atoms with Gasteiger partial charge >= 0.3 is 0 Å². The second-order valence-corrected chi connectivity index (χ2v) is 5.22. The third kappa shape index (κ3) is 2.99. The highest BCUT2D eigenvalue weighted by Gasteiger charge is 2.02. The maximum absolute atomic E-state index is 4.41. The molecule has 1 N–H and O–H groups in total. The fourth-order valence-electron chi connectivity index (χ4n) is 1.29. The molecule has 0 saturated carbocycles. The maximum Gasteiger partial charge on any atom is 0.202 e. The van der Waals surface area contributed by atoms with Crippen molar-refractivity contribution in [3.63, 3.8) is 0 Å². The molecular weight excluding hydrogens is 240 g/mol. The van der Waals surface area contributed by atoms with Crippen LogP contribution in [0.1, 0.15) is 23.4 Å². The Bertz CT molecular complexity index is 449. The van der Waals surface area contributed by atoms with Crippen LogP contribution in [-0.2, 0) is 12.8 Å². The summed E-state index contributed by atoms with van der Waals surface area (Å²) in [6.07, 6.45) is 1.83. The first kappa shape index (κ1) is 11.5. The summed E-state index contributed by atoms with van der Waals surface area (Å²) in [5, 5.41) is 7.40. The number of aryl methyl sites for hydroxylation is 2. The van der Waals surface area contributed by atoms with Gasteiger partial charge in [0, 0.05) is 36.3 Å². The Morgan fingerprint density at radius 3 is 2.88 bits per heavy atom. The molecule has 0 unspecified atom stereocenters. The predicted octanol–water partition coefficient (Wildman–Crippen LogP) is 2.52. The minimum Gasteiger partial charge on any atom is -0.360 e. The first-order chi connectivity index (χ1) is 7.78. The average Bonchev–Trinajstić information content (AvgIpc) is 2.88. The number of thiazole rings is 1. The average molecular weight is 254 g/mol. The molecule has 2 aromatic rings. The number of nitrogens with zero attached hydrogens (tertiary/aromatic N) is 3. The standard InChI is InChI=1S/C10H14N4S2/c1-3-9-13-10(16-14-9)11-5-4-8-6-15-7(2)12-8/h6H,3-5H2,1-2H3,(H,11,13,14). The van der Waals surface area contributed by atoms with E-state index in [2.05, 4.69) is 32.0 Å². The van der Waals surface area contributed by atoms with Crippen LogP contribution in [0.2, 0.25) is 0 Å². The summed E-state index contributed by atoms with van der Waals surface area (Å²) < 4.78 is 4.22. The molecule has 2 rings (SSSR count). The molecule has 0 atom stereocenters. The van der Waals surface area contributed by atoms with Crippen LogP contribution >= 0.6 is 22.9 Å². The van der Waals surface area contributed by atoms with Crippen LogP contribution in [0.5, 0.6) is 0 Å². The minimum atomic E-state index is 0.863. The van der Waals surface area contributed by atoms with Gasteiger partial charge in [0.15, 0.2) is 0 Å². The van der Waals surface area contributed by atoms with Gasteiger partial charge in [-0.1, -0.05) is 6.92 Å². The van der Waals surface area contributed by atoms with Gasteiger partial charge in [-0.2, -0.15) is 4.37 Å². The Morgan fingerprint density at radius 1 is 1.38 bits per heavy atom. The topological polar surface area (TPSA) is 50.7 Å². The van der Waals surface area contributed by atoms with E-state index in [4.69, 9.17) is 0 Å². The van der Waals surface area contributed by atoms with E-state index in [0.29, 0.717) is 0 Å². The van der Waals surface area contributed by atoms with Crippen LogP contribution in [0.15, 0.2) is 5.38 Å². The van der Waals surface area contributed by atoms with E-state index in [1.807, 2.05) is 6.92 Å². The molecule has 0 fully saturated rings. The molecular formula is C10H14N4S2. The van der Waals surface area contributed by atoms with Crippen molar-refractivity contribution in [3.8, 4) is 0 Å². The van der Waals surface area contributed by atoms with Gasteiger partial charge in [0.05, 0.1) is 10.7 Å². The molecule has 2 heterocycles. The predicted molar refractivity (Wildman–Crippen MR) is 68.3 cm³/mol. The van der Waals surface area contributed by atoms with Crippen molar-refractivity contribution in [2.45, 2.75) is 26.7 Å². The highest BCUT2D eigenvalue weighted by Crippen LogP contribution is 2.12. The number of rotatable bonds is 5. The van der Waals surface area contributed by atoms with Gasteiger partial charge in [-0.05, 0) is 6.92 Å². The zero-order chi connectivity index (χ0) is 11.4. The number of anilines is 1. The lowest BCUT2D eigenvalue weighted by molar-refractivity contribution is 0.954. The molecule has 0 aliphatic heterocycles. The first-order valence-electron chi connectivity index (χ1n) is 5.25. The molecule has 0 amide bonds. The molecule has 2 aromatic heterocycles. The van der Waals surface area contributed by atoms with E-state index in [-0.39, 0.29) is 0 Å². The third-order valence-corrected chi connectivity index (χ3v) is 3.64. The second kappa shape index (κ2) is 5.36. The summed E-state index contributed by atoms with van der Waals surface area (Å²) in [6.45, 7) is 4.95. The Hall–Kier alpha value is -1.01. The van der Waals surface area contributed by atoms with Crippen LogP contribution in [0, 0.1) is 6.92 Å². The Balaban J connectivity index is 1.79. The Morgan fingerprint density at radius 2 is 2.25 bits per heavy atom. The van der Waals surface area contributed by atoms with Gasteiger partial charge in [-0.25, -0.2) is 9.97 Å². The largest absolute Gasteiger partial charge is 0.360 e. The van der Waals surface area contributed by atoms with Crippen LogP contribution < -0.4 is 5.32 Å². The first-order valence-corrected chi connectivity index (χ1v) is 6.90. The van der Waals surface area contributed by atoms with Crippen LogP contribution in [0.25, 0.3) is 0 Å². The Kier molecular flexibility index (Phi) is 3.84. The van der Waals surface area contributed by atoms with Crippen molar-refractivity contribution < 1.29 is 0 Å². The molecule has 86 valence electrons. The lowest BCUT2D eigenvalue weighted by Crippen LogP contribution is -2.04. The number of hydrogen-bond acceptors (Lipinski definition) is 6. The summed E-state index contributed by atoms with van der Waals surface area (Å²) in [4.78, 5) is 8.75. The normalized spacial score (nSPS) is 10.6. The van der Waals surface area contributed by atoms with Gasteiger partial charge < -0.3 is 5.32 Å². The molecule has 16 heavy (non-hydrogen) atoms. The highest BCUT2D eigenvalue weighted by molar-refractivity contribution is 7.09. The molecule has 0 aliphatic rings. The SMILES string of the molecule is CCc1nsc(NCCc2csc(C)n2)n1. The molecule has 6 heteroatoms. The van der Waals surface area contributed by atoms with Crippen molar-refractivity contribution in [2.75, 3.05) is 11.9 Å². The van der Waals surface area contributed by atoms with E-state index < -0.39 is 0 Å². The van der Waals surface area contributed by atoms with Gasteiger partial charge in [0.25, 0.3) is 0 Å². The lowest BCUT2D eigenvalue weighted by Gasteiger charge is -1.98. The second-order valence-electron chi connectivity index (χ2n) is 3.40. The summed E-state index contributed by atoms with van der Waals surface area (Å²) in [5.74, 6) is 0.914. The smallest absolute Gasteiger partial charge is 0.202 e. The summed E-state index contributed by atoms with van der Waals surface area (Å²) in [6, 6.07) is 0.